The van der Waals surface area contributed by atoms with Crippen LogP contribution >= 0.6 is 0 Å². The van der Waals surface area contributed by atoms with Gasteiger partial charge in [-0.2, -0.15) is 0 Å². The van der Waals surface area contributed by atoms with Crippen LogP contribution in [0.15, 0.2) is 17.5 Å². The van der Waals surface area contributed by atoms with E-state index in [1.807, 2.05) is 13.8 Å². The number of aliphatic carboxylic acids is 3. The number of nitrogens with two attached hydrogens (primary N) is 3. The van der Waals surface area contributed by atoms with Crippen molar-refractivity contribution in [2.45, 2.75) is 212 Å². The highest BCUT2D eigenvalue weighted by atomic mass is 16.4. The Morgan fingerprint density at radius 1 is 0.573 bits per heavy atom. The van der Waals surface area contributed by atoms with E-state index in [1.54, 1.807) is 41.5 Å². The van der Waals surface area contributed by atoms with Crippen LogP contribution in [0.2, 0.25) is 0 Å². The molecule has 0 aromatic carbocycles. The minimum absolute atomic E-state index is 0.00945. The molecule has 18 N–H and O–H groups in total. The Morgan fingerprint density at radius 2 is 1.03 bits per heavy atom. The molecule has 2 fully saturated rings. The average molecular weight is 1260 g/mol. The van der Waals surface area contributed by atoms with Gasteiger partial charge in [-0.15, -0.1) is 0 Å². The van der Waals surface area contributed by atoms with Gasteiger partial charge in [0.25, 0.3) is 0 Å². The molecule has 0 unspecified atom stereocenters. The predicted molar refractivity (Wildman–Crippen MR) is 321 cm³/mol. The van der Waals surface area contributed by atoms with E-state index in [-0.39, 0.29) is 82.4 Å². The summed E-state index contributed by atoms with van der Waals surface area (Å²) < 4.78 is 0. The van der Waals surface area contributed by atoms with Crippen molar-refractivity contribution >= 4 is 82.9 Å². The molecule has 3 heterocycles. The van der Waals surface area contributed by atoms with Crippen molar-refractivity contribution in [1.82, 2.24) is 62.3 Å². The summed E-state index contributed by atoms with van der Waals surface area (Å²) in [5.74, 6) is -13.5. The van der Waals surface area contributed by atoms with Gasteiger partial charge in [-0.25, -0.2) is 9.78 Å². The molecule has 498 valence electrons. The molecule has 0 bridgehead atoms. The number of carbonyl (C=O) groups excluding carboxylic acids is 10. The van der Waals surface area contributed by atoms with Crippen LogP contribution in [0.3, 0.4) is 0 Å². The fourth-order valence-corrected chi connectivity index (χ4v) is 10.3. The van der Waals surface area contributed by atoms with Crippen LogP contribution in [0.4, 0.5) is 0 Å². The maximum absolute atomic E-state index is 14.6. The molecular formula is C57H94N16O16. The van der Waals surface area contributed by atoms with E-state index in [9.17, 15) is 77.6 Å². The van der Waals surface area contributed by atoms with Crippen molar-refractivity contribution in [1.29, 1.82) is 0 Å². The van der Waals surface area contributed by atoms with E-state index in [0.717, 1.165) is 4.90 Å². The van der Waals surface area contributed by atoms with Crippen molar-refractivity contribution in [2.24, 2.45) is 45.9 Å². The minimum Gasteiger partial charge on any atom is -0.481 e. The zero-order valence-electron chi connectivity index (χ0n) is 52.3. The number of aromatic amines is 1. The first-order valence-corrected chi connectivity index (χ1v) is 30.2. The average Bonchev–Trinajstić information content (AvgIpc) is 2.23. The Bertz CT molecular complexity index is 2670. The third-order valence-corrected chi connectivity index (χ3v) is 15.0. The molecule has 0 aliphatic carbocycles. The van der Waals surface area contributed by atoms with Crippen LogP contribution < -0.4 is 59.7 Å². The van der Waals surface area contributed by atoms with Gasteiger partial charge in [0.15, 0.2) is 5.96 Å². The summed E-state index contributed by atoms with van der Waals surface area (Å²) in [4.78, 5) is 189. The van der Waals surface area contributed by atoms with E-state index >= 15 is 0 Å². The number of rotatable bonds is 37. The molecule has 1 aromatic rings. The lowest BCUT2D eigenvalue weighted by Crippen LogP contribution is -2.61. The number of hydrogen-bond donors (Lipinski definition) is 15. The van der Waals surface area contributed by atoms with Gasteiger partial charge in [-0.1, -0.05) is 55.4 Å². The Morgan fingerprint density at radius 3 is 1.53 bits per heavy atom. The van der Waals surface area contributed by atoms with E-state index in [0.29, 0.717) is 18.5 Å². The standard InChI is InChI=1S/C57H94N16O16/c1-28(2)23-34(58)46(78)65-35(13-10-20-62-57(59)60)49(81)70-44(30(5)6)52(84)64-32(9)54(86)72-21-11-14-40(72)50(82)67-37(17-19-43(76)77)47(79)66-36(16-18-42(74)75)48(80)68-38(25-33-26-61-27-63-33)55(87)73-22-12-15-41(73)51(83)71-45(31(7)8)53(85)69-39(56(88)89)24-29(3)4/h26-32,34-41,44-45H,10-25,58H2,1-9H3,(H,61,63)(H,64,84)(H,65,78)(H,66,79)(H,67,82)(H,68,80)(H,69,85)(H,70,81)(H,71,83)(H,74,75)(H,76,77)(H,88,89)(H4,59,60,62)/t32-,34-,35-,36-,37-,38-,39-,40-,41-,44-,45-/m0/s1. The number of H-pyrrole nitrogens is 1. The molecule has 1 aromatic heterocycles. The van der Waals surface area contributed by atoms with Crippen LogP contribution in [0.5, 0.6) is 0 Å². The molecule has 32 heteroatoms. The van der Waals surface area contributed by atoms with Gasteiger partial charge >= 0.3 is 17.9 Å². The second kappa shape index (κ2) is 36.1. The lowest BCUT2D eigenvalue weighted by molar-refractivity contribution is -0.144. The van der Waals surface area contributed by atoms with Crippen molar-refractivity contribution in [3.63, 3.8) is 0 Å². The number of carbonyl (C=O) groups is 13. The van der Waals surface area contributed by atoms with Gasteiger partial charge in [0.1, 0.15) is 60.4 Å². The number of carboxylic acid groups (broad SMARTS) is 3. The molecule has 2 saturated heterocycles. The number of amides is 10. The molecule has 89 heavy (non-hydrogen) atoms. The second-order valence-corrected chi connectivity index (χ2v) is 24.2. The predicted octanol–water partition coefficient (Wildman–Crippen LogP) is -2.57. The first kappa shape index (κ1) is 74.8. The highest BCUT2D eigenvalue weighted by molar-refractivity contribution is 5.99. The molecule has 3 rings (SSSR count). The number of nitrogens with one attached hydrogen (secondary N) is 9. The highest BCUT2D eigenvalue weighted by Crippen LogP contribution is 2.23. The Hall–Kier alpha value is -8.45. The first-order valence-electron chi connectivity index (χ1n) is 30.2. The molecule has 2 aliphatic rings. The number of hydrogen-bond acceptors (Lipinski definition) is 16. The number of aromatic nitrogens is 2. The monoisotopic (exact) mass is 1260 g/mol. The molecule has 32 nitrogen and oxygen atoms in total. The van der Waals surface area contributed by atoms with Gasteiger partial charge in [-0.05, 0) is 94.8 Å². The Balaban J connectivity index is 1.84. The lowest BCUT2D eigenvalue weighted by atomic mass is 10.00. The minimum atomic E-state index is -1.74. The van der Waals surface area contributed by atoms with Crippen molar-refractivity contribution in [2.75, 3.05) is 19.6 Å². The third-order valence-electron chi connectivity index (χ3n) is 15.0. The van der Waals surface area contributed by atoms with Gasteiger partial charge in [0.05, 0.1) is 12.4 Å². The fraction of sp³-hybridized carbons (Fsp3) is 0.702. The number of aliphatic imine (C=N–C) groups is 1. The molecule has 0 spiro atoms. The summed E-state index contributed by atoms with van der Waals surface area (Å²) in [6.45, 7) is 15.4. The number of carboxylic acids is 3. The largest absolute Gasteiger partial charge is 0.481 e. The van der Waals surface area contributed by atoms with Crippen LogP contribution in [0.1, 0.15) is 145 Å². The van der Waals surface area contributed by atoms with Gasteiger partial charge in [-0.3, -0.25) is 62.5 Å². The van der Waals surface area contributed by atoms with Gasteiger partial charge < -0.3 is 89.8 Å². The van der Waals surface area contributed by atoms with E-state index in [2.05, 4.69) is 57.5 Å². The third kappa shape index (κ3) is 24.6. The summed E-state index contributed by atoms with van der Waals surface area (Å²) in [7, 11) is 0. The van der Waals surface area contributed by atoms with Gasteiger partial charge in [0.2, 0.25) is 59.1 Å². The molecular weight excluding hydrogens is 1160 g/mol. The summed E-state index contributed by atoms with van der Waals surface area (Å²) in [6.07, 6.45) is 1.43. The van der Waals surface area contributed by atoms with E-state index < -0.39 is 181 Å². The van der Waals surface area contributed by atoms with E-state index in [1.165, 1.54) is 24.3 Å². The smallest absolute Gasteiger partial charge is 0.326 e. The van der Waals surface area contributed by atoms with Crippen LogP contribution in [-0.4, -0.2) is 204 Å². The number of likely N-dealkylation sites (tertiary alicyclic amines) is 2. The van der Waals surface area contributed by atoms with Gasteiger partial charge in [0, 0.05) is 50.8 Å². The number of guanidine groups is 1. The molecule has 0 radical (unpaired) electrons. The Kier molecular flexibility index (Phi) is 30.4. The van der Waals surface area contributed by atoms with Crippen LogP contribution in [0.25, 0.3) is 0 Å². The molecule has 11 atom stereocenters. The molecule has 0 saturated carbocycles. The van der Waals surface area contributed by atoms with Crippen molar-refractivity contribution in [3.05, 3.63) is 18.2 Å². The maximum Gasteiger partial charge on any atom is 0.326 e. The van der Waals surface area contributed by atoms with E-state index in [4.69, 9.17) is 17.2 Å². The van der Waals surface area contributed by atoms with Crippen LogP contribution in [0, 0.1) is 23.7 Å². The Labute approximate surface area is 517 Å². The van der Waals surface area contributed by atoms with Crippen LogP contribution in [-0.2, 0) is 68.7 Å². The lowest BCUT2D eigenvalue weighted by Gasteiger charge is -2.31. The zero-order valence-corrected chi connectivity index (χ0v) is 52.3. The zero-order chi connectivity index (χ0) is 67.0. The quantitative estimate of drug-likeness (QED) is 0.0185. The van der Waals surface area contributed by atoms with Crippen molar-refractivity contribution < 1.29 is 77.6 Å². The van der Waals surface area contributed by atoms with Crippen molar-refractivity contribution in [3.8, 4) is 0 Å². The topological polar surface area (TPSA) is 504 Å². The molecule has 2 aliphatic heterocycles. The summed E-state index contributed by atoms with van der Waals surface area (Å²) in [5.41, 5.74) is 17.3. The number of imidazole rings is 1. The second-order valence-electron chi connectivity index (χ2n) is 24.2. The normalized spacial score (nSPS) is 17.8. The SMILES string of the molecule is CC(C)C[C@H](NC(=O)[C@@H](NC(=O)[C@@H]1CCCN1C(=O)[C@H](Cc1cnc[nH]1)NC(=O)[C@H](CCC(=O)O)NC(=O)[C@H](CCC(=O)O)NC(=O)[C@@H]1CCCN1C(=O)[C@H](C)NC(=O)[C@@H](NC(=O)[C@H](CCCN=C(N)N)NC(=O)[C@@H](N)CC(C)C)C(C)C)C(C)C)C(=O)O. The fourth-order valence-electron chi connectivity index (χ4n) is 10.3. The highest BCUT2D eigenvalue weighted by Gasteiger charge is 2.43. The number of nitrogens with zero attached hydrogens (tertiary/aromatic N) is 4. The first-order chi connectivity index (χ1) is 41.7. The summed E-state index contributed by atoms with van der Waals surface area (Å²) in [5, 5.41) is 49.7. The summed E-state index contributed by atoms with van der Waals surface area (Å²) in [6, 6.07) is -14.5. The molecule has 10 amide bonds. The maximum atomic E-state index is 14.6. The summed E-state index contributed by atoms with van der Waals surface area (Å²) >= 11 is 0.